The lowest BCUT2D eigenvalue weighted by Crippen LogP contribution is -2.22. The van der Waals surface area contributed by atoms with Gasteiger partial charge in [-0.15, -0.1) is 11.6 Å². The predicted molar refractivity (Wildman–Crippen MR) is 134 cm³/mol. The molecule has 0 fully saturated rings. The van der Waals surface area contributed by atoms with Gasteiger partial charge in [0.25, 0.3) is 0 Å². The van der Waals surface area contributed by atoms with Gasteiger partial charge >= 0.3 is 0 Å². The van der Waals surface area contributed by atoms with Gasteiger partial charge < -0.3 is 9.84 Å². The van der Waals surface area contributed by atoms with Crippen molar-refractivity contribution in [2.24, 2.45) is 0 Å². The summed E-state index contributed by atoms with van der Waals surface area (Å²) in [4.78, 5) is 0. The van der Waals surface area contributed by atoms with Crippen molar-refractivity contribution in [2.75, 3.05) is 12.5 Å². The van der Waals surface area contributed by atoms with Gasteiger partial charge in [0.2, 0.25) is 0 Å². The molecule has 1 N–H and O–H groups in total. The highest BCUT2D eigenvalue weighted by molar-refractivity contribution is 14.1. The van der Waals surface area contributed by atoms with Gasteiger partial charge in [-0.2, -0.15) is 0 Å². The summed E-state index contributed by atoms with van der Waals surface area (Å²) in [6.07, 6.45) is 7.95. The molecule has 0 amide bonds. The third-order valence-electron chi connectivity index (χ3n) is 4.28. The molecule has 0 aromatic heterocycles. The van der Waals surface area contributed by atoms with E-state index >= 15 is 0 Å². The fourth-order valence-corrected chi connectivity index (χ4v) is 4.49. The van der Waals surface area contributed by atoms with E-state index < -0.39 is 14.2 Å². The van der Waals surface area contributed by atoms with Crippen LogP contribution < -0.4 is 0 Å². The van der Waals surface area contributed by atoms with E-state index in [9.17, 15) is 5.11 Å². The Bertz CT molecular complexity index is 663. The summed E-state index contributed by atoms with van der Waals surface area (Å²) >= 11 is 8.46. The van der Waals surface area contributed by atoms with Crippen molar-refractivity contribution in [3.8, 4) is 0 Å². The quantitative estimate of drug-likeness (QED) is 0.0781. The summed E-state index contributed by atoms with van der Waals surface area (Å²) in [6.45, 7) is 10.2. The predicted octanol–water partition coefficient (Wildman–Crippen LogP) is 7.04. The summed E-state index contributed by atoms with van der Waals surface area (Å²) in [5, 5.41) is 10.6. The molecule has 1 unspecified atom stereocenters. The summed E-state index contributed by atoms with van der Waals surface area (Å²) in [7, 11) is -1.43. The van der Waals surface area contributed by atoms with Crippen molar-refractivity contribution in [3.63, 3.8) is 0 Å². The molecule has 0 aliphatic heterocycles. The highest BCUT2D eigenvalue weighted by atomic mass is 127. The van der Waals surface area contributed by atoms with E-state index in [-0.39, 0.29) is 0 Å². The molecule has 0 saturated carbocycles. The molecular weight excluding hydrogens is 499 g/mol. The second kappa shape index (κ2) is 13.8. The molecule has 0 aliphatic rings. The van der Waals surface area contributed by atoms with Crippen LogP contribution in [0.1, 0.15) is 31.7 Å². The first-order valence-electron chi connectivity index (χ1n) is 9.87. The topological polar surface area (TPSA) is 29.5 Å². The maximum atomic E-state index is 10.6. The minimum atomic E-state index is -1.43. The molecule has 1 aromatic carbocycles. The molecule has 0 spiro atoms. The standard InChI is InChI=1S/C23H34ClIO2Si/c1-5-10-22(26)20(14-16-27-18-19-11-7-6-8-12-19)17-21(13-9-15-24)23(25)28(2,3)4/h5-8,10-12,17,22,26H,9,13-16,18H2,1-4H3/b10-5+,20-17+,23-21+. The van der Waals surface area contributed by atoms with Gasteiger partial charge in [-0.25, -0.2) is 0 Å². The van der Waals surface area contributed by atoms with Crippen LogP contribution in [0.2, 0.25) is 19.6 Å². The lowest BCUT2D eigenvalue weighted by Gasteiger charge is -2.21. The molecule has 156 valence electrons. The van der Waals surface area contributed by atoms with E-state index in [4.69, 9.17) is 16.3 Å². The van der Waals surface area contributed by atoms with Crippen molar-refractivity contribution in [1.82, 2.24) is 0 Å². The normalized spacial score (nSPS) is 15.0. The number of aliphatic hydroxyl groups excluding tert-OH is 1. The lowest BCUT2D eigenvalue weighted by atomic mass is 10.0. The van der Waals surface area contributed by atoms with E-state index in [0.717, 1.165) is 24.0 Å². The molecule has 1 atom stereocenters. The van der Waals surface area contributed by atoms with Crippen LogP contribution in [0, 0.1) is 0 Å². The van der Waals surface area contributed by atoms with Gasteiger partial charge in [0.15, 0.2) is 0 Å². The summed E-state index contributed by atoms with van der Waals surface area (Å²) in [5.41, 5.74) is 3.49. The third-order valence-corrected chi connectivity index (χ3v) is 11.7. The maximum absolute atomic E-state index is 10.6. The van der Waals surface area contributed by atoms with Crippen LogP contribution in [0.5, 0.6) is 0 Å². The van der Waals surface area contributed by atoms with Crippen LogP contribution in [-0.2, 0) is 11.3 Å². The zero-order chi connectivity index (χ0) is 21.0. The maximum Gasteiger partial charge on any atom is 0.0935 e. The molecule has 28 heavy (non-hydrogen) atoms. The zero-order valence-corrected chi connectivity index (χ0v) is 21.5. The molecule has 0 aliphatic carbocycles. The smallest absolute Gasteiger partial charge is 0.0935 e. The monoisotopic (exact) mass is 532 g/mol. The largest absolute Gasteiger partial charge is 0.385 e. The van der Waals surface area contributed by atoms with Crippen LogP contribution in [0.25, 0.3) is 0 Å². The Morgan fingerprint density at radius 3 is 2.46 bits per heavy atom. The van der Waals surface area contributed by atoms with Crippen molar-refractivity contribution in [3.05, 3.63) is 68.5 Å². The fourth-order valence-electron chi connectivity index (χ4n) is 2.77. The van der Waals surface area contributed by atoms with Gasteiger partial charge in [0.1, 0.15) is 0 Å². The molecule has 2 nitrogen and oxygen atoms in total. The highest BCUT2D eigenvalue weighted by Gasteiger charge is 2.21. The number of benzene rings is 1. The Hall–Kier alpha value is -0.403. The van der Waals surface area contributed by atoms with E-state index in [1.165, 1.54) is 8.78 Å². The minimum absolute atomic E-state index is 0.581. The fraction of sp³-hybridized carbons (Fsp3) is 0.478. The van der Waals surface area contributed by atoms with Crippen LogP contribution in [0.4, 0.5) is 0 Å². The molecule has 1 rings (SSSR count). The molecule has 0 saturated heterocycles. The van der Waals surface area contributed by atoms with Crippen LogP contribution >= 0.6 is 34.2 Å². The Kier molecular flexibility index (Phi) is 12.6. The summed E-state index contributed by atoms with van der Waals surface area (Å²) in [6, 6.07) is 10.2. The Labute approximate surface area is 190 Å². The van der Waals surface area contributed by atoms with Gasteiger partial charge in [-0.3, -0.25) is 0 Å². The second-order valence-electron chi connectivity index (χ2n) is 7.86. The highest BCUT2D eigenvalue weighted by Crippen LogP contribution is 2.30. The van der Waals surface area contributed by atoms with E-state index in [2.05, 4.69) is 60.4 Å². The van der Waals surface area contributed by atoms with Crippen molar-refractivity contribution < 1.29 is 9.84 Å². The number of ether oxygens (including phenoxy) is 1. The van der Waals surface area contributed by atoms with Crippen molar-refractivity contribution >= 4 is 42.3 Å². The number of rotatable bonds is 12. The van der Waals surface area contributed by atoms with Gasteiger partial charge in [-0.05, 0) is 46.1 Å². The van der Waals surface area contributed by atoms with E-state index in [1.54, 1.807) is 0 Å². The Morgan fingerprint density at radius 2 is 1.89 bits per heavy atom. The number of hydrogen-bond donors (Lipinski definition) is 1. The summed E-state index contributed by atoms with van der Waals surface area (Å²) in [5.74, 6) is 0.653. The molecule has 5 heteroatoms. The molecule has 0 heterocycles. The number of halogens is 2. The summed E-state index contributed by atoms with van der Waals surface area (Å²) < 4.78 is 7.31. The average molecular weight is 533 g/mol. The second-order valence-corrected chi connectivity index (χ2v) is 15.3. The Morgan fingerprint density at radius 1 is 1.21 bits per heavy atom. The van der Waals surface area contributed by atoms with Crippen LogP contribution in [0.3, 0.4) is 0 Å². The lowest BCUT2D eigenvalue weighted by molar-refractivity contribution is 0.119. The van der Waals surface area contributed by atoms with Gasteiger partial charge in [0.05, 0.1) is 27.4 Å². The SMILES string of the molecule is C/C=C/C(O)/C(=C/C(CCCCl)=C(\I)[Si](C)(C)C)CCOCc1ccccc1. The average Bonchev–Trinajstić information content (AvgIpc) is 2.66. The number of allylic oxidation sites excluding steroid dienone is 3. The number of aliphatic hydroxyl groups is 1. The van der Waals surface area contributed by atoms with Crippen molar-refractivity contribution in [1.29, 1.82) is 0 Å². The first-order chi connectivity index (χ1) is 13.3. The Balaban J connectivity index is 2.95. The zero-order valence-electron chi connectivity index (χ0n) is 17.6. The number of alkyl halides is 1. The van der Waals surface area contributed by atoms with Crippen LogP contribution in [0.15, 0.2) is 62.9 Å². The number of hydrogen-bond acceptors (Lipinski definition) is 2. The first kappa shape index (κ1) is 25.6. The van der Waals surface area contributed by atoms with Crippen LogP contribution in [-0.4, -0.2) is 31.8 Å². The molecular formula is C23H34ClIO2Si. The molecule has 0 radical (unpaired) electrons. The van der Waals surface area contributed by atoms with E-state index in [0.29, 0.717) is 25.5 Å². The van der Waals surface area contributed by atoms with Gasteiger partial charge in [-0.1, -0.05) is 90.8 Å². The third kappa shape index (κ3) is 9.88. The minimum Gasteiger partial charge on any atom is -0.385 e. The van der Waals surface area contributed by atoms with E-state index in [1.807, 2.05) is 37.3 Å². The first-order valence-corrected chi connectivity index (χ1v) is 15.0. The van der Waals surface area contributed by atoms with Gasteiger partial charge in [0, 0.05) is 5.88 Å². The molecule has 0 bridgehead atoms. The van der Waals surface area contributed by atoms with Crippen molar-refractivity contribution in [2.45, 2.75) is 58.5 Å². The molecule has 1 aromatic rings.